The van der Waals surface area contributed by atoms with Crippen LogP contribution in [0.4, 0.5) is 11.5 Å². The summed E-state index contributed by atoms with van der Waals surface area (Å²) in [6, 6.07) is 7.72. The Bertz CT molecular complexity index is 1220. The van der Waals surface area contributed by atoms with Gasteiger partial charge in [0.2, 0.25) is 11.8 Å². The first kappa shape index (κ1) is 30.7. The van der Waals surface area contributed by atoms with Gasteiger partial charge in [0.15, 0.2) is 11.5 Å². The Kier molecular flexibility index (Phi) is 11.2. The molecule has 1 atom stereocenters. The van der Waals surface area contributed by atoms with Crippen molar-refractivity contribution >= 4 is 29.2 Å². The van der Waals surface area contributed by atoms with Gasteiger partial charge in [-0.2, -0.15) is 0 Å². The van der Waals surface area contributed by atoms with E-state index in [1.165, 1.54) is 17.4 Å². The van der Waals surface area contributed by atoms with Gasteiger partial charge in [0.25, 0.3) is 5.91 Å². The first-order valence-corrected chi connectivity index (χ1v) is 14.0. The molecule has 216 valence electrons. The van der Waals surface area contributed by atoms with Crippen molar-refractivity contribution in [3.05, 3.63) is 59.1 Å². The number of nitrogens with zero attached hydrogens (tertiary/aromatic N) is 4. The predicted molar refractivity (Wildman–Crippen MR) is 157 cm³/mol. The minimum atomic E-state index is -0.636. The fourth-order valence-corrected chi connectivity index (χ4v) is 4.38. The number of nitrogens with one attached hydrogen (secondary N) is 2. The standard InChI is InChI=1S/C30H43N7O3/c1-6-24-25(16-20(2)3)35-30(28(34-24)29(31)40)33-23-11-7-10-22(17-23)21(4)18-32-26(38)19-36(5)27(39)12-8-13-37-14-9-15-37/h7-8,10-12,17,20-21H,6,9,13-16,18-19H2,1-5H3,(H2,31,40)(H,32,38)(H,33,35). The molecule has 0 radical (unpaired) electrons. The van der Waals surface area contributed by atoms with Gasteiger partial charge in [-0.1, -0.05) is 45.9 Å². The van der Waals surface area contributed by atoms with Crippen LogP contribution >= 0.6 is 0 Å². The smallest absolute Gasteiger partial charge is 0.271 e. The number of likely N-dealkylation sites (tertiary alicyclic amines) is 1. The van der Waals surface area contributed by atoms with Crippen molar-refractivity contribution < 1.29 is 14.4 Å². The average molecular weight is 550 g/mol. The van der Waals surface area contributed by atoms with Crippen LogP contribution in [0.25, 0.3) is 0 Å². The van der Waals surface area contributed by atoms with E-state index in [1.807, 2.05) is 44.2 Å². The Balaban J connectivity index is 1.60. The topological polar surface area (TPSA) is 134 Å². The highest BCUT2D eigenvalue weighted by Crippen LogP contribution is 2.24. The van der Waals surface area contributed by atoms with E-state index >= 15 is 0 Å². The molecule has 1 aliphatic heterocycles. The number of hydrogen-bond donors (Lipinski definition) is 3. The highest BCUT2D eigenvalue weighted by molar-refractivity contribution is 5.96. The van der Waals surface area contributed by atoms with Crippen molar-refractivity contribution in [3.8, 4) is 0 Å². The van der Waals surface area contributed by atoms with E-state index in [1.54, 1.807) is 7.05 Å². The molecule has 1 fully saturated rings. The second-order valence-corrected chi connectivity index (χ2v) is 10.8. The fourth-order valence-electron chi connectivity index (χ4n) is 4.38. The maximum absolute atomic E-state index is 12.5. The fraction of sp³-hybridized carbons (Fsp3) is 0.500. The Morgan fingerprint density at radius 1 is 1.15 bits per heavy atom. The largest absolute Gasteiger partial charge is 0.364 e. The van der Waals surface area contributed by atoms with Crippen LogP contribution < -0.4 is 16.4 Å². The van der Waals surface area contributed by atoms with Crippen molar-refractivity contribution in [2.24, 2.45) is 11.7 Å². The summed E-state index contributed by atoms with van der Waals surface area (Å²) in [5.74, 6) is -0.319. The zero-order valence-corrected chi connectivity index (χ0v) is 24.4. The van der Waals surface area contributed by atoms with Gasteiger partial charge >= 0.3 is 0 Å². The van der Waals surface area contributed by atoms with Gasteiger partial charge < -0.3 is 21.3 Å². The average Bonchev–Trinajstić information content (AvgIpc) is 2.88. The Morgan fingerprint density at radius 3 is 2.52 bits per heavy atom. The molecule has 1 aromatic heterocycles. The van der Waals surface area contributed by atoms with E-state index in [0.29, 0.717) is 24.7 Å². The summed E-state index contributed by atoms with van der Waals surface area (Å²) < 4.78 is 0. The third-order valence-corrected chi connectivity index (χ3v) is 6.87. The number of hydrogen-bond acceptors (Lipinski definition) is 7. The molecule has 0 spiro atoms. The van der Waals surface area contributed by atoms with E-state index < -0.39 is 5.91 Å². The van der Waals surface area contributed by atoms with Gasteiger partial charge in [-0.25, -0.2) is 9.97 Å². The Labute approximate surface area is 237 Å². The molecular weight excluding hydrogens is 506 g/mol. The van der Waals surface area contributed by atoms with Gasteiger partial charge in [-0.3, -0.25) is 19.3 Å². The summed E-state index contributed by atoms with van der Waals surface area (Å²) in [4.78, 5) is 49.9. The van der Waals surface area contributed by atoms with Crippen molar-refractivity contribution in [1.82, 2.24) is 25.1 Å². The molecule has 2 aromatic rings. The lowest BCUT2D eigenvalue weighted by atomic mass is 10.0. The molecule has 0 aliphatic carbocycles. The summed E-state index contributed by atoms with van der Waals surface area (Å²) in [6.45, 7) is 11.5. The molecule has 1 unspecified atom stereocenters. The van der Waals surface area contributed by atoms with Crippen molar-refractivity contribution in [2.45, 2.75) is 52.9 Å². The highest BCUT2D eigenvalue weighted by atomic mass is 16.2. The second kappa shape index (κ2) is 14.6. The maximum atomic E-state index is 12.5. The summed E-state index contributed by atoms with van der Waals surface area (Å²) in [5.41, 5.74) is 9.11. The molecule has 3 rings (SSSR count). The number of aryl methyl sites for hydroxylation is 1. The summed E-state index contributed by atoms with van der Waals surface area (Å²) in [5, 5.41) is 6.15. The third kappa shape index (κ3) is 8.87. The van der Waals surface area contributed by atoms with Crippen LogP contribution in [-0.2, 0) is 22.4 Å². The highest BCUT2D eigenvalue weighted by Gasteiger charge is 2.19. The Hall–Kier alpha value is -3.79. The van der Waals surface area contributed by atoms with Gasteiger partial charge in [0.05, 0.1) is 17.9 Å². The predicted octanol–water partition coefficient (Wildman–Crippen LogP) is 3.02. The number of amides is 3. The number of rotatable bonds is 14. The van der Waals surface area contributed by atoms with E-state index in [4.69, 9.17) is 10.7 Å². The molecule has 3 amide bonds. The van der Waals surface area contributed by atoms with Crippen LogP contribution in [0.2, 0.25) is 0 Å². The number of primary amides is 1. The van der Waals surface area contributed by atoms with E-state index in [9.17, 15) is 14.4 Å². The van der Waals surface area contributed by atoms with Gasteiger partial charge in [-0.15, -0.1) is 0 Å². The van der Waals surface area contributed by atoms with Gasteiger partial charge in [0.1, 0.15) is 0 Å². The van der Waals surface area contributed by atoms with Gasteiger partial charge in [0, 0.05) is 31.9 Å². The molecule has 1 aromatic carbocycles. The number of aromatic nitrogens is 2. The molecule has 10 nitrogen and oxygen atoms in total. The zero-order chi connectivity index (χ0) is 29.2. The van der Waals surface area contributed by atoms with E-state index in [2.05, 4.69) is 34.4 Å². The summed E-state index contributed by atoms with van der Waals surface area (Å²) >= 11 is 0. The number of nitrogens with two attached hydrogens (primary N) is 1. The lowest BCUT2D eigenvalue weighted by Crippen LogP contribution is -2.39. The molecule has 10 heteroatoms. The van der Waals surface area contributed by atoms with Crippen LogP contribution in [0.5, 0.6) is 0 Å². The molecule has 2 heterocycles. The monoisotopic (exact) mass is 549 g/mol. The molecular formula is C30H43N7O3. The normalized spacial score (nSPS) is 14.2. The van der Waals surface area contributed by atoms with Crippen molar-refractivity contribution in [3.63, 3.8) is 0 Å². The number of likely N-dealkylation sites (N-methyl/N-ethyl adjacent to an activating group) is 1. The Morgan fingerprint density at radius 2 is 1.90 bits per heavy atom. The lowest BCUT2D eigenvalue weighted by Gasteiger charge is -2.29. The zero-order valence-electron chi connectivity index (χ0n) is 24.4. The minimum absolute atomic E-state index is 0.00351. The lowest BCUT2D eigenvalue weighted by molar-refractivity contribution is -0.131. The molecule has 1 saturated heterocycles. The van der Waals surface area contributed by atoms with Gasteiger partial charge in [-0.05, 0) is 61.9 Å². The van der Waals surface area contributed by atoms with Crippen molar-refractivity contribution in [1.29, 1.82) is 0 Å². The summed E-state index contributed by atoms with van der Waals surface area (Å²) in [6.07, 6.45) is 5.99. The summed E-state index contributed by atoms with van der Waals surface area (Å²) in [7, 11) is 1.62. The van der Waals surface area contributed by atoms with Crippen LogP contribution in [0.15, 0.2) is 36.4 Å². The molecule has 4 N–H and O–H groups in total. The quantitative estimate of drug-likeness (QED) is 0.309. The SMILES string of the molecule is CCc1nc(C(N)=O)c(Nc2cccc(C(C)CNC(=O)CN(C)C(=O)C=CCN3CCC3)c2)nc1CC(C)C. The number of carbonyl (C=O) groups excluding carboxylic acids is 3. The molecule has 0 saturated carbocycles. The first-order valence-electron chi connectivity index (χ1n) is 14.0. The van der Waals surface area contributed by atoms with Crippen LogP contribution in [0.1, 0.15) is 67.5 Å². The first-order chi connectivity index (χ1) is 19.1. The van der Waals surface area contributed by atoms with Crippen molar-refractivity contribution in [2.75, 3.05) is 45.1 Å². The van der Waals surface area contributed by atoms with Crippen LogP contribution in [0.3, 0.4) is 0 Å². The minimum Gasteiger partial charge on any atom is -0.364 e. The third-order valence-electron chi connectivity index (χ3n) is 6.87. The number of benzene rings is 1. The molecule has 1 aliphatic rings. The second-order valence-electron chi connectivity index (χ2n) is 10.8. The maximum Gasteiger partial charge on any atom is 0.271 e. The molecule has 40 heavy (non-hydrogen) atoms. The molecule has 0 bridgehead atoms. The van der Waals surface area contributed by atoms with Crippen LogP contribution in [-0.4, -0.2) is 77.3 Å². The number of anilines is 2. The van der Waals surface area contributed by atoms with E-state index in [-0.39, 0.29) is 30.0 Å². The van der Waals surface area contributed by atoms with E-state index in [0.717, 1.165) is 48.7 Å². The number of carbonyl (C=O) groups is 3. The van der Waals surface area contributed by atoms with Crippen LogP contribution in [0, 0.1) is 5.92 Å².